The van der Waals surface area contributed by atoms with Gasteiger partial charge in [0.15, 0.2) is 0 Å². The van der Waals surface area contributed by atoms with Gasteiger partial charge in [-0.25, -0.2) is 8.42 Å². The molecule has 1 amide bonds. The molecule has 2 aromatic carbocycles. The van der Waals surface area contributed by atoms with E-state index in [1.165, 1.54) is 7.11 Å². The van der Waals surface area contributed by atoms with Gasteiger partial charge in [0.2, 0.25) is 5.91 Å². The predicted molar refractivity (Wildman–Crippen MR) is 124 cm³/mol. The number of rotatable bonds is 8. The Morgan fingerprint density at radius 1 is 1.06 bits per heavy atom. The average molecular weight is 454 g/mol. The van der Waals surface area contributed by atoms with Gasteiger partial charge in [-0.15, -0.1) is 0 Å². The van der Waals surface area contributed by atoms with Gasteiger partial charge in [0, 0.05) is 18.9 Å². The van der Waals surface area contributed by atoms with Gasteiger partial charge >= 0.3 is 0 Å². The summed E-state index contributed by atoms with van der Waals surface area (Å²) >= 11 is 0. The van der Waals surface area contributed by atoms with E-state index in [0.717, 1.165) is 26.6 Å². The third-order valence-corrected chi connectivity index (χ3v) is 6.96. The molecular formula is C24H27N3O4S. The topological polar surface area (TPSA) is 88.6 Å². The lowest BCUT2D eigenvalue weighted by Gasteiger charge is -2.25. The second-order valence-electron chi connectivity index (χ2n) is 7.57. The van der Waals surface area contributed by atoms with Crippen molar-refractivity contribution in [3.05, 3.63) is 83.2 Å². The van der Waals surface area contributed by atoms with Gasteiger partial charge in [0.1, 0.15) is 17.2 Å². The molecule has 0 spiro atoms. The molecule has 0 aliphatic rings. The first-order valence-electron chi connectivity index (χ1n) is 10.1. The lowest BCUT2D eigenvalue weighted by molar-refractivity contribution is -0.119. The number of methoxy groups -OCH3 is 1. The van der Waals surface area contributed by atoms with Gasteiger partial charge in [-0.1, -0.05) is 18.2 Å². The number of carbonyl (C=O) groups is 1. The Balaban J connectivity index is 1.98. The highest BCUT2D eigenvalue weighted by atomic mass is 32.2. The Labute approximate surface area is 189 Å². The van der Waals surface area contributed by atoms with E-state index < -0.39 is 15.9 Å². The maximum atomic E-state index is 13.7. The van der Waals surface area contributed by atoms with Crippen LogP contribution in [0.3, 0.4) is 0 Å². The quantitative estimate of drug-likeness (QED) is 0.564. The Hall–Kier alpha value is -3.39. The Morgan fingerprint density at radius 2 is 1.84 bits per heavy atom. The lowest BCUT2D eigenvalue weighted by Crippen LogP contribution is -2.40. The smallest absolute Gasteiger partial charge is 0.268 e. The summed E-state index contributed by atoms with van der Waals surface area (Å²) in [5.74, 6) is -0.206. The van der Waals surface area contributed by atoms with Crippen molar-refractivity contribution in [2.24, 2.45) is 0 Å². The molecule has 32 heavy (non-hydrogen) atoms. The largest absolute Gasteiger partial charge is 0.495 e. The fraction of sp³-hybridized carbons (Fsp3) is 0.250. The molecule has 168 valence electrons. The SMILES string of the molecule is COc1ccc(C)cc1S(=O)(=O)N(CC(=O)NCc1cccnc1)c1ccc(C)c(C)c1. The summed E-state index contributed by atoms with van der Waals surface area (Å²) in [6.45, 7) is 5.53. The van der Waals surface area contributed by atoms with Gasteiger partial charge < -0.3 is 10.1 Å². The second kappa shape index (κ2) is 9.82. The van der Waals surface area contributed by atoms with E-state index in [1.807, 2.05) is 26.0 Å². The fourth-order valence-electron chi connectivity index (χ4n) is 3.19. The highest BCUT2D eigenvalue weighted by Crippen LogP contribution is 2.31. The number of benzene rings is 2. The first-order valence-corrected chi connectivity index (χ1v) is 11.6. The molecule has 0 aliphatic heterocycles. The molecule has 0 radical (unpaired) electrons. The van der Waals surface area contributed by atoms with E-state index in [0.29, 0.717) is 5.69 Å². The normalized spacial score (nSPS) is 11.1. The fourth-order valence-corrected chi connectivity index (χ4v) is 4.85. The number of hydrogen-bond acceptors (Lipinski definition) is 5. The van der Waals surface area contributed by atoms with E-state index in [1.54, 1.807) is 55.7 Å². The number of pyridine rings is 1. The van der Waals surface area contributed by atoms with Crippen LogP contribution in [0.5, 0.6) is 5.75 Å². The van der Waals surface area contributed by atoms with Crippen LogP contribution in [0.25, 0.3) is 0 Å². The van der Waals surface area contributed by atoms with Crippen LogP contribution in [-0.4, -0.2) is 33.0 Å². The standard InChI is InChI=1S/C24H27N3O4S/c1-17-7-10-22(31-4)23(12-17)32(29,30)27(21-9-8-18(2)19(3)13-21)16-24(28)26-15-20-6-5-11-25-14-20/h5-14H,15-16H2,1-4H3,(H,26,28). The highest BCUT2D eigenvalue weighted by molar-refractivity contribution is 7.93. The molecule has 0 fully saturated rings. The number of ether oxygens (including phenoxy) is 1. The van der Waals surface area contributed by atoms with Crippen molar-refractivity contribution in [2.75, 3.05) is 18.0 Å². The number of hydrogen-bond donors (Lipinski definition) is 1. The van der Waals surface area contributed by atoms with Crippen molar-refractivity contribution in [1.82, 2.24) is 10.3 Å². The van der Waals surface area contributed by atoms with Crippen LogP contribution in [0.2, 0.25) is 0 Å². The molecule has 3 aromatic rings. The van der Waals surface area contributed by atoms with Crippen molar-refractivity contribution in [2.45, 2.75) is 32.2 Å². The zero-order valence-electron chi connectivity index (χ0n) is 18.6. The molecule has 0 bridgehead atoms. The van der Waals surface area contributed by atoms with Crippen LogP contribution in [0.4, 0.5) is 5.69 Å². The maximum Gasteiger partial charge on any atom is 0.268 e. The Bertz CT molecular complexity index is 1210. The zero-order valence-corrected chi connectivity index (χ0v) is 19.4. The summed E-state index contributed by atoms with van der Waals surface area (Å²) in [7, 11) is -2.67. The Morgan fingerprint density at radius 3 is 2.50 bits per heavy atom. The molecule has 0 unspecified atom stereocenters. The summed E-state index contributed by atoms with van der Waals surface area (Å²) < 4.78 is 33.9. The van der Waals surface area contributed by atoms with Crippen LogP contribution >= 0.6 is 0 Å². The number of aromatic nitrogens is 1. The summed E-state index contributed by atoms with van der Waals surface area (Å²) in [4.78, 5) is 16.8. The first kappa shape index (κ1) is 23.3. The van der Waals surface area contributed by atoms with Crippen LogP contribution in [0.1, 0.15) is 22.3 Å². The van der Waals surface area contributed by atoms with E-state index in [9.17, 15) is 13.2 Å². The van der Waals surface area contributed by atoms with Crippen LogP contribution < -0.4 is 14.4 Å². The van der Waals surface area contributed by atoms with Gasteiger partial charge in [-0.2, -0.15) is 0 Å². The number of carbonyl (C=O) groups excluding carboxylic acids is 1. The first-order chi connectivity index (χ1) is 15.2. The van der Waals surface area contributed by atoms with Gasteiger partial charge in [-0.3, -0.25) is 14.1 Å². The van der Waals surface area contributed by atoms with Gasteiger partial charge in [0.25, 0.3) is 10.0 Å². The van der Waals surface area contributed by atoms with Crippen LogP contribution in [-0.2, 0) is 21.4 Å². The van der Waals surface area contributed by atoms with Gasteiger partial charge in [-0.05, 0) is 73.4 Å². The molecule has 0 atom stereocenters. The number of nitrogens with zero attached hydrogens (tertiary/aromatic N) is 2. The third kappa shape index (κ3) is 5.26. The summed E-state index contributed by atoms with van der Waals surface area (Å²) in [6, 6.07) is 13.9. The van der Waals surface area contributed by atoms with Crippen molar-refractivity contribution in [3.8, 4) is 5.75 Å². The molecule has 0 saturated carbocycles. The van der Waals surface area contributed by atoms with Crippen molar-refractivity contribution in [3.63, 3.8) is 0 Å². The molecule has 1 N–H and O–H groups in total. The lowest BCUT2D eigenvalue weighted by atomic mass is 10.1. The highest BCUT2D eigenvalue weighted by Gasteiger charge is 2.30. The minimum atomic E-state index is -4.09. The molecule has 0 saturated heterocycles. The minimum Gasteiger partial charge on any atom is -0.495 e. The van der Waals surface area contributed by atoms with Crippen molar-refractivity contribution in [1.29, 1.82) is 0 Å². The number of amides is 1. The summed E-state index contributed by atoms with van der Waals surface area (Å²) in [6.07, 6.45) is 3.30. The number of nitrogens with one attached hydrogen (secondary N) is 1. The van der Waals surface area contributed by atoms with E-state index in [4.69, 9.17) is 4.74 Å². The van der Waals surface area contributed by atoms with Crippen molar-refractivity contribution >= 4 is 21.6 Å². The van der Waals surface area contributed by atoms with Crippen LogP contribution in [0.15, 0.2) is 65.8 Å². The number of sulfonamides is 1. The van der Waals surface area contributed by atoms with Crippen molar-refractivity contribution < 1.29 is 17.9 Å². The molecule has 3 rings (SSSR count). The average Bonchev–Trinajstić information content (AvgIpc) is 2.78. The summed E-state index contributed by atoms with van der Waals surface area (Å²) in [5, 5.41) is 2.77. The molecule has 1 heterocycles. The molecule has 1 aromatic heterocycles. The zero-order chi connectivity index (χ0) is 23.3. The van der Waals surface area contributed by atoms with E-state index >= 15 is 0 Å². The number of aryl methyl sites for hydroxylation is 3. The third-order valence-electron chi connectivity index (χ3n) is 5.17. The predicted octanol–water partition coefficient (Wildman–Crippen LogP) is 3.53. The Kier molecular flexibility index (Phi) is 7.15. The second-order valence-corrected chi connectivity index (χ2v) is 9.40. The van der Waals surface area contributed by atoms with Gasteiger partial charge in [0.05, 0.1) is 12.8 Å². The monoisotopic (exact) mass is 453 g/mol. The molecule has 0 aliphatic carbocycles. The van der Waals surface area contributed by atoms with E-state index in [-0.39, 0.29) is 23.7 Å². The molecular weight excluding hydrogens is 426 g/mol. The maximum absolute atomic E-state index is 13.7. The van der Waals surface area contributed by atoms with E-state index in [2.05, 4.69) is 10.3 Å². The molecule has 7 nitrogen and oxygen atoms in total. The minimum absolute atomic E-state index is 0.0123. The number of anilines is 1. The van der Waals surface area contributed by atoms with Crippen LogP contribution in [0, 0.1) is 20.8 Å². The summed E-state index contributed by atoms with van der Waals surface area (Å²) in [5.41, 5.74) is 3.95. The molecule has 8 heteroatoms.